The minimum Gasteiger partial charge on any atom is -0.498 e. The molecule has 2 heterocycles. The number of aryl methyl sites for hydroxylation is 1. The van der Waals surface area contributed by atoms with Crippen molar-refractivity contribution in [3.05, 3.63) is 28.8 Å². The maximum Gasteiger partial charge on any atom is 0.191 e. The van der Waals surface area contributed by atoms with Crippen LogP contribution >= 0.6 is 23.6 Å². The Hall–Kier alpha value is -1.00. The first-order valence-electron chi connectivity index (χ1n) is 3.76. The molecule has 1 N–H and O–H groups in total. The summed E-state index contributed by atoms with van der Waals surface area (Å²) in [5, 5.41) is 11.0. The van der Waals surface area contributed by atoms with Gasteiger partial charge in [0.25, 0.3) is 0 Å². The van der Waals surface area contributed by atoms with Gasteiger partial charge in [-0.3, -0.25) is 4.98 Å². The number of thiocarbonyl (C=S) groups is 1. The van der Waals surface area contributed by atoms with Gasteiger partial charge < -0.3 is 5.11 Å². The Morgan fingerprint density at radius 3 is 3.00 bits per heavy atom. The Morgan fingerprint density at radius 2 is 2.31 bits per heavy atom. The minimum absolute atomic E-state index is 0.0793. The van der Waals surface area contributed by atoms with Crippen LogP contribution in [-0.4, -0.2) is 15.1 Å². The van der Waals surface area contributed by atoms with Crippen molar-refractivity contribution < 1.29 is 5.11 Å². The van der Waals surface area contributed by atoms with Gasteiger partial charge in [0.15, 0.2) is 5.05 Å². The summed E-state index contributed by atoms with van der Waals surface area (Å²) in [4.78, 5) is 4.32. The van der Waals surface area contributed by atoms with Gasteiger partial charge in [-0.1, -0.05) is 0 Å². The fraction of sp³-hybridized carbons (Fsp3) is 0.111. The summed E-state index contributed by atoms with van der Waals surface area (Å²) in [6.07, 6.45) is 0. The predicted molar refractivity (Wildman–Crippen MR) is 58.7 cm³/mol. The van der Waals surface area contributed by atoms with Crippen molar-refractivity contribution in [3.63, 3.8) is 0 Å². The summed E-state index contributed by atoms with van der Waals surface area (Å²) in [7, 11) is 0. The third-order valence-electron chi connectivity index (χ3n) is 1.79. The Bertz CT molecular complexity index is 475. The Kier molecular flexibility index (Phi) is 2.01. The number of aliphatic hydroxyl groups is 1. The molecule has 2 rings (SSSR count). The molecule has 13 heavy (non-hydrogen) atoms. The van der Waals surface area contributed by atoms with Crippen LogP contribution in [0.15, 0.2) is 17.5 Å². The SMILES string of the molecule is Cc1ccc2scc(C(O)=S)c2n1. The third kappa shape index (κ3) is 1.43. The van der Waals surface area contributed by atoms with Gasteiger partial charge in [-0.05, 0) is 31.3 Å². The highest BCUT2D eigenvalue weighted by Gasteiger charge is 2.08. The van der Waals surface area contributed by atoms with Crippen LogP contribution < -0.4 is 0 Å². The topological polar surface area (TPSA) is 33.1 Å². The highest BCUT2D eigenvalue weighted by molar-refractivity contribution is 7.80. The lowest BCUT2D eigenvalue weighted by Gasteiger charge is -1.94. The molecule has 0 fully saturated rings. The molecule has 2 aromatic heterocycles. The number of rotatable bonds is 1. The van der Waals surface area contributed by atoms with E-state index in [1.54, 1.807) is 11.3 Å². The van der Waals surface area contributed by atoms with Gasteiger partial charge in [-0.2, -0.15) is 0 Å². The summed E-state index contributed by atoms with van der Waals surface area (Å²) in [6, 6.07) is 3.94. The molecule has 0 amide bonds. The van der Waals surface area contributed by atoms with Crippen molar-refractivity contribution in [1.82, 2.24) is 4.98 Å². The molecule has 2 nitrogen and oxygen atoms in total. The second-order valence-corrected chi connectivity index (χ2v) is 4.05. The van der Waals surface area contributed by atoms with Gasteiger partial charge >= 0.3 is 0 Å². The summed E-state index contributed by atoms with van der Waals surface area (Å²) in [5.41, 5.74) is 2.40. The van der Waals surface area contributed by atoms with Crippen molar-refractivity contribution in [2.75, 3.05) is 0 Å². The van der Waals surface area contributed by atoms with E-state index in [-0.39, 0.29) is 5.05 Å². The summed E-state index contributed by atoms with van der Waals surface area (Å²) in [6.45, 7) is 1.92. The largest absolute Gasteiger partial charge is 0.498 e. The molecule has 0 aliphatic carbocycles. The van der Waals surface area contributed by atoms with Crippen LogP contribution in [0.1, 0.15) is 11.3 Å². The monoisotopic (exact) mass is 209 g/mol. The smallest absolute Gasteiger partial charge is 0.191 e. The molecule has 0 atom stereocenters. The van der Waals surface area contributed by atoms with Crippen LogP contribution in [0.5, 0.6) is 0 Å². The number of aromatic nitrogens is 1. The Morgan fingerprint density at radius 1 is 1.54 bits per heavy atom. The molecule has 0 spiro atoms. The zero-order valence-corrected chi connectivity index (χ0v) is 8.58. The molecule has 0 radical (unpaired) electrons. The lowest BCUT2D eigenvalue weighted by molar-refractivity contribution is 0.571. The number of thiophene rings is 1. The van der Waals surface area contributed by atoms with Crippen molar-refractivity contribution in [3.8, 4) is 0 Å². The van der Waals surface area contributed by atoms with Crippen LogP contribution in [0.4, 0.5) is 0 Å². The molecule has 0 aliphatic heterocycles. The highest BCUT2D eigenvalue weighted by Crippen LogP contribution is 2.24. The molecule has 0 aliphatic rings. The summed E-state index contributed by atoms with van der Waals surface area (Å²) in [5.74, 6) is 0. The average Bonchev–Trinajstić information content (AvgIpc) is 2.46. The molecule has 0 unspecified atom stereocenters. The lowest BCUT2D eigenvalue weighted by Crippen LogP contribution is -1.93. The summed E-state index contributed by atoms with van der Waals surface area (Å²) >= 11 is 6.25. The number of fused-ring (bicyclic) bond motifs is 1. The lowest BCUT2D eigenvalue weighted by atomic mass is 10.2. The molecule has 0 bridgehead atoms. The van der Waals surface area contributed by atoms with E-state index < -0.39 is 0 Å². The highest BCUT2D eigenvalue weighted by atomic mass is 32.1. The second-order valence-electron chi connectivity index (χ2n) is 2.75. The van der Waals surface area contributed by atoms with E-state index in [2.05, 4.69) is 4.98 Å². The van der Waals surface area contributed by atoms with E-state index in [0.29, 0.717) is 5.56 Å². The van der Waals surface area contributed by atoms with E-state index in [4.69, 9.17) is 12.2 Å². The fourth-order valence-corrected chi connectivity index (χ4v) is 2.27. The predicted octanol–water partition coefficient (Wildman–Crippen LogP) is 2.84. The molecule has 0 saturated heterocycles. The molecule has 4 heteroatoms. The molecule has 0 aromatic carbocycles. The van der Waals surface area contributed by atoms with Crippen LogP contribution in [0, 0.1) is 6.92 Å². The number of hydrogen-bond donors (Lipinski definition) is 1. The van der Waals surface area contributed by atoms with Gasteiger partial charge in [-0.25, -0.2) is 0 Å². The number of pyridine rings is 1. The van der Waals surface area contributed by atoms with Crippen LogP contribution in [-0.2, 0) is 0 Å². The number of hydrogen-bond acceptors (Lipinski definition) is 3. The van der Waals surface area contributed by atoms with Crippen molar-refractivity contribution in [1.29, 1.82) is 0 Å². The van der Waals surface area contributed by atoms with Crippen LogP contribution in [0.25, 0.3) is 10.2 Å². The van der Waals surface area contributed by atoms with Gasteiger partial charge in [0.1, 0.15) is 0 Å². The van der Waals surface area contributed by atoms with Gasteiger partial charge in [-0.15, -0.1) is 11.3 Å². The Labute approximate surface area is 84.9 Å². The molecular weight excluding hydrogens is 202 g/mol. The van der Waals surface area contributed by atoms with Crippen molar-refractivity contribution >= 4 is 38.8 Å². The molecular formula is C9H7NOS2. The standard InChI is InChI=1S/C9H7NOS2/c1-5-2-3-7-8(10-5)6(4-13-7)9(11)12/h2-4H,1H3,(H,11,12). The van der Waals surface area contributed by atoms with E-state index in [9.17, 15) is 5.11 Å². The van der Waals surface area contributed by atoms with E-state index in [1.807, 2.05) is 24.4 Å². The van der Waals surface area contributed by atoms with Gasteiger partial charge in [0.05, 0.1) is 15.8 Å². The first kappa shape index (κ1) is 8.59. The van der Waals surface area contributed by atoms with Gasteiger partial charge in [0, 0.05) is 11.1 Å². The average molecular weight is 209 g/mol. The zero-order valence-electron chi connectivity index (χ0n) is 6.94. The van der Waals surface area contributed by atoms with E-state index in [1.165, 1.54) is 0 Å². The van der Waals surface area contributed by atoms with Gasteiger partial charge in [0.2, 0.25) is 0 Å². The van der Waals surface area contributed by atoms with Crippen molar-refractivity contribution in [2.24, 2.45) is 0 Å². The van der Waals surface area contributed by atoms with Crippen LogP contribution in [0.2, 0.25) is 0 Å². The minimum atomic E-state index is -0.0793. The molecule has 2 aromatic rings. The maximum atomic E-state index is 9.20. The number of aliphatic hydroxyl groups excluding tert-OH is 1. The first-order chi connectivity index (χ1) is 6.18. The third-order valence-corrected chi connectivity index (χ3v) is 2.94. The quantitative estimate of drug-likeness (QED) is 0.733. The number of nitrogens with zero attached hydrogens (tertiary/aromatic N) is 1. The first-order valence-corrected chi connectivity index (χ1v) is 5.05. The van der Waals surface area contributed by atoms with E-state index in [0.717, 1.165) is 15.9 Å². The summed E-state index contributed by atoms with van der Waals surface area (Å²) < 4.78 is 1.05. The normalized spacial score (nSPS) is 10.5. The zero-order chi connectivity index (χ0) is 9.42. The second kappa shape index (κ2) is 3.05. The molecule has 66 valence electrons. The fourth-order valence-electron chi connectivity index (χ4n) is 1.16. The van der Waals surface area contributed by atoms with Crippen LogP contribution in [0.3, 0.4) is 0 Å². The molecule has 0 saturated carbocycles. The van der Waals surface area contributed by atoms with Crippen molar-refractivity contribution in [2.45, 2.75) is 6.92 Å². The Balaban J connectivity index is 2.79. The maximum absolute atomic E-state index is 9.20. The van der Waals surface area contributed by atoms with E-state index >= 15 is 0 Å².